The van der Waals surface area contributed by atoms with Crippen LogP contribution in [0.4, 0.5) is 0 Å². The first-order valence-corrected chi connectivity index (χ1v) is 9.38. The average molecular weight is 336 g/mol. The Bertz CT molecular complexity index is 866. The van der Waals surface area contributed by atoms with Crippen LogP contribution in [0.1, 0.15) is 36.6 Å². The Hall–Kier alpha value is -2.07. The van der Waals surface area contributed by atoms with Gasteiger partial charge in [-0.1, -0.05) is 24.3 Å². The molecule has 0 saturated carbocycles. The molecule has 2 aliphatic heterocycles. The summed E-state index contributed by atoms with van der Waals surface area (Å²) >= 11 is 0. The number of nitrogens with one attached hydrogen (secondary N) is 1. The molecule has 130 valence electrons. The van der Waals surface area contributed by atoms with Crippen LogP contribution in [0.3, 0.4) is 0 Å². The van der Waals surface area contributed by atoms with Crippen molar-refractivity contribution in [2.75, 3.05) is 20.2 Å². The molecule has 3 heterocycles. The monoisotopic (exact) mass is 336 g/mol. The van der Waals surface area contributed by atoms with E-state index in [1.165, 1.54) is 35.7 Å². The zero-order valence-corrected chi connectivity index (χ0v) is 14.6. The third-order valence-corrected chi connectivity index (χ3v) is 6.51. The molecule has 1 N–H and O–H groups in total. The third-order valence-electron chi connectivity index (χ3n) is 6.51. The van der Waals surface area contributed by atoms with E-state index in [-0.39, 0.29) is 5.97 Å². The van der Waals surface area contributed by atoms with Crippen molar-refractivity contribution in [3.05, 3.63) is 47.2 Å². The van der Waals surface area contributed by atoms with Crippen molar-refractivity contribution >= 4 is 16.9 Å². The first kappa shape index (κ1) is 15.2. The Morgan fingerprint density at radius 2 is 2.20 bits per heavy atom. The summed E-state index contributed by atoms with van der Waals surface area (Å²) in [7, 11) is 1.50. The Labute approximate surface area is 147 Å². The van der Waals surface area contributed by atoms with Crippen LogP contribution in [0.5, 0.6) is 0 Å². The topological polar surface area (TPSA) is 45.3 Å². The maximum Gasteiger partial charge on any atom is 0.333 e. The normalized spacial score (nSPS) is 28.7. The minimum atomic E-state index is -0.129. The second kappa shape index (κ2) is 5.73. The van der Waals surface area contributed by atoms with Gasteiger partial charge >= 0.3 is 5.97 Å². The number of piperidine rings is 1. The van der Waals surface area contributed by atoms with E-state index >= 15 is 0 Å². The number of carbonyl (C=O) groups is 1. The van der Waals surface area contributed by atoms with Crippen molar-refractivity contribution in [1.29, 1.82) is 0 Å². The Kier molecular flexibility index (Phi) is 3.49. The van der Waals surface area contributed by atoms with E-state index in [4.69, 9.17) is 4.74 Å². The molecule has 0 amide bonds. The predicted octanol–water partition coefficient (Wildman–Crippen LogP) is 3.60. The van der Waals surface area contributed by atoms with Crippen molar-refractivity contribution < 1.29 is 9.53 Å². The number of nitrogens with zero attached hydrogens (tertiary/aromatic N) is 1. The Morgan fingerprint density at radius 1 is 1.32 bits per heavy atom. The largest absolute Gasteiger partial charge is 0.466 e. The molecule has 3 atom stereocenters. The van der Waals surface area contributed by atoms with Crippen LogP contribution in [0, 0.1) is 11.8 Å². The predicted molar refractivity (Wildman–Crippen MR) is 97.2 cm³/mol. The number of hydrogen-bond acceptors (Lipinski definition) is 3. The second-order valence-electron chi connectivity index (χ2n) is 7.65. The van der Waals surface area contributed by atoms with Gasteiger partial charge < -0.3 is 9.72 Å². The highest BCUT2D eigenvalue weighted by Crippen LogP contribution is 2.47. The van der Waals surface area contributed by atoms with Gasteiger partial charge in [0.1, 0.15) is 0 Å². The SMILES string of the molecule is COC(=O)C1=CCC[C@@H]2CN3CCc4c([nH]c5ccccc45)[C@H]3C[C@@H]12. The number of fused-ring (bicyclic) bond motifs is 6. The first-order chi connectivity index (χ1) is 12.3. The second-order valence-corrected chi connectivity index (χ2v) is 7.65. The number of para-hydroxylation sites is 1. The van der Waals surface area contributed by atoms with E-state index in [0.717, 1.165) is 37.9 Å². The summed E-state index contributed by atoms with van der Waals surface area (Å²) in [6, 6.07) is 9.01. The summed E-state index contributed by atoms with van der Waals surface area (Å²) in [5, 5.41) is 1.37. The molecule has 4 heteroatoms. The molecule has 1 saturated heterocycles. The fourth-order valence-corrected chi connectivity index (χ4v) is 5.35. The highest BCUT2D eigenvalue weighted by atomic mass is 16.5. The molecule has 1 aromatic heterocycles. The highest BCUT2D eigenvalue weighted by Gasteiger charge is 2.43. The number of aromatic nitrogens is 1. The molecule has 4 nitrogen and oxygen atoms in total. The number of aromatic amines is 1. The summed E-state index contributed by atoms with van der Waals surface area (Å²) < 4.78 is 5.06. The maximum atomic E-state index is 12.3. The van der Waals surface area contributed by atoms with E-state index < -0.39 is 0 Å². The third kappa shape index (κ3) is 2.27. The molecular weight excluding hydrogens is 312 g/mol. The number of benzene rings is 1. The van der Waals surface area contributed by atoms with E-state index in [1.807, 2.05) is 0 Å². The molecular formula is C21H24N2O2. The van der Waals surface area contributed by atoms with Crippen molar-refractivity contribution in [2.45, 2.75) is 31.7 Å². The van der Waals surface area contributed by atoms with Gasteiger partial charge in [0.2, 0.25) is 0 Å². The minimum Gasteiger partial charge on any atom is -0.466 e. The molecule has 2 aromatic rings. The molecule has 1 aromatic carbocycles. The number of methoxy groups -OCH3 is 1. The summed E-state index contributed by atoms with van der Waals surface area (Å²) in [6.07, 6.45) is 6.45. The van der Waals surface area contributed by atoms with Crippen LogP contribution in [-0.4, -0.2) is 36.1 Å². The standard InChI is InChI=1S/C21H24N2O2/c1-25-21(24)16-7-4-5-13-12-23-10-9-15-14-6-2-3-8-18(14)22-20(15)19(23)11-17(13)16/h2-3,6-8,13,17,19,22H,4-5,9-12H2,1H3/t13-,17-,19-/m1/s1. The molecule has 0 bridgehead atoms. The maximum absolute atomic E-state index is 12.3. The Balaban J connectivity index is 1.54. The van der Waals surface area contributed by atoms with Crippen molar-refractivity contribution in [3.63, 3.8) is 0 Å². The fourth-order valence-electron chi connectivity index (χ4n) is 5.35. The lowest BCUT2D eigenvalue weighted by atomic mass is 9.70. The van der Waals surface area contributed by atoms with Crippen LogP contribution in [0.2, 0.25) is 0 Å². The summed E-state index contributed by atoms with van der Waals surface area (Å²) in [5.41, 5.74) is 5.01. The van der Waals surface area contributed by atoms with Gasteiger partial charge in [0, 0.05) is 35.3 Å². The molecule has 0 unspecified atom stereocenters. The molecule has 25 heavy (non-hydrogen) atoms. The van der Waals surface area contributed by atoms with Gasteiger partial charge in [-0.3, -0.25) is 4.90 Å². The number of esters is 1. The average Bonchev–Trinajstić information content (AvgIpc) is 3.04. The van der Waals surface area contributed by atoms with E-state index in [1.54, 1.807) is 0 Å². The van der Waals surface area contributed by atoms with Crippen molar-refractivity contribution in [1.82, 2.24) is 9.88 Å². The van der Waals surface area contributed by atoms with Crippen LogP contribution in [0.15, 0.2) is 35.9 Å². The lowest BCUT2D eigenvalue weighted by Gasteiger charge is -2.47. The zero-order valence-electron chi connectivity index (χ0n) is 14.6. The number of allylic oxidation sites excluding steroid dienone is 1. The van der Waals surface area contributed by atoms with Gasteiger partial charge in [-0.2, -0.15) is 0 Å². The number of hydrogen-bond donors (Lipinski definition) is 1. The van der Waals surface area contributed by atoms with Gasteiger partial charge in [0.25, 0.3) is 0 Å². The summed E-state index contributed by atoms with van der Waals surface area (Å²) in [4.78, 5) is 18.6. The quantitative estimate of drug-likeness (QED) is 0.810. The van der Waals surface area contributed by atoms with Gasteiger partial charge in [-0.15, -0.1) is 0 Å². The Morgan fingerprint density at radius 3 is 3.08 bits per heavy atom. The van der Waals surface area contributed by atoms with Crippen molar-refractivity contribution in [2.24, 2.45) is 11.8 Å². The molecule has 0 radical (unpaired) electrons. The lowest BCUT2D eigenvalue weighted by molar-refractivity contribution is -0.137. The van der Waals surface area contributed by atoms with Crippen LogP contribution < -0.4 is 0 Å². The van der Waals surface area contributed by atoms with E-state index in [9.17, 15) is 4.79 Å². The first-order valence-electron chi connectivity index (χ1n) is 9.38. The number of ether oxygens (including phenoxy) is 1. The van der Waals surface area contributed by atoms with E-state index in [0.29, 0.717) is 17.9 Å². The minimum absolute atomic E-state index is 0.129. The van der Waals surface area contributed by atoms with Gasteiger partial charge in [0.15, 0.2) is 0 Å². The molecule has 5 rings (SSSR count). The van der Waals surface area contributed by atoms with Crippen LogP contribution in [-0.2, 0) is 16.0 Å². The highest BCUT2D eigenvalue weighted by molar-refractivity contribution is 5.89. The fraction of sp³-hybridized carbons (Fsp3) is 0.476. The lowest BCUT2D eigenvalue weighted by Crippen LogP contribution is -2.47. The van der Waals surface area contributed by atoms with Crippen LogP contribution in [0.25, 0.3) is 10.9 Å². The van der Waals surface area contributed by atoms with E-state index in [2.05, 4.69) is 40.2 Å². The number of carbonyl (C=O) groups excluding carboxylic acids is 1. The summed E-state index contributed by atoms with van der Waals surface area (Å²) in [5.74, 6) is 0.789. The summed E-state index contributed by atoms with van der Waals surface area (Å²) in [6.45, 7) is 2.22. The van der Waals surface area contributed by atoms with Crippen molar-refractivity contribution in [3.8, 4) is 0 Å². The number of H-pyrrole nitrogens is 1. The molecule has 1 fully saturated rings. The molecule has 1 aliphatic carbocycles. The van der Waals surface area contributed by atoms with Crippen LogP contribution >= 0.6 is 0 Å². The van der Waals surface area contributed by atoms with Gasteiger partial charge in [0.05, 0.1) is 13.2 Å². The smallest absolute Gasteiger partial charge is 0.333 e. The molecule has 0 spiro atoms. The van der Waals surface area contributed by atoms with Gasteiger partial charge in [-0.05, 0) is 49.1 Å². The van der Waals surface area contributed by atoms with Gasteiger partial charge in [-0.25, -0.2) is 4.79 Å². The zero-order chi connectivity index (χ0) is 17.0. The molecule has 3 aliphatic rings. The number of rotatable bonds is 1.